The van der Waals surface area contributed by atoms with Crippen molar-refractivity contribution in [2.24, 2.45) is 5.73 Å². The van der Waals surface area contributed by atoms with Crippen molar-refractivity contribution in [1.82, 2.24) is 0 Å². The van der Waals surface area contributed by atoms with Crippen molar-refractivity contribution < 1.29 is 0 Å². The molecule has 0 amide bonds. The Morgan fingerprint density at radius 1 is 1.00 bits per heavy atom. The molecule has 1 saturated carbocycles. The van der Waals surface area contributed by atoms with Gasteiger partial charge in [0, 0.05) is 12.0 Å². The molecule has 3 rings (SSSR count). The normalized spacial score (nSPS) is 24.9. The fraction of sp³-hybridized carbons (Fsp3) is 0.400. The van der Waals surface area contributed by atoms with Crippen molar-refractivity contribution in [2.45, 2.75) is 43.9 Å². The fourth-order valence-electron chi connectivity index (χ4n) is 3.59. The summed E-state index contributed by atoms with van der Waals surface area (Å²) in [7, 11) is 0. The number of hydrogen-bond acceptors (Lipinski definition) is 1. The third kappa shape index (κ3) is 2.63. The minimum absolute atomic E-state index is 0.190. The molecule has 0 heterocycles. The minimum atomic E-state index is 0.190. The van der Waals surface area contributed by atoms with Crippen LogP contribution in [0, 0.1) is 0 Å². The second-order valence-corrected chi connectivity index (χ2v) is 6.78. The quantitative estimate of drug-likeness (QED) is 0.870. The van der Waals surface area contributed by atoms with Crippen molar-refractivity contribution in [3.05, 3.63) is 71.3 Å². The first kappa shape index (κ1) is 14.3. The lowest BCUT2D eigenvalue weighted by molar-refractivity contribution is 0.209. The molecule has 0 aromatic heterocycles. The zero-order chi connectivity index (χ0) is 14.9. The van der Waals surface area contributed by atoms with Gasteiger partial charge in [-0.25, -0.2) is 0 Å². The van der Waals surface area contributed by atoms with E-state index < -0.39 is 0 Å². The maximum atomic E-state index is 6.14. The second kappa shape index (κ2) is 5.65. The summed E-state index contributed by atoms with van der Waals surface area (Å²) >= 11 is 0. The third-order valence-electron chi connectivity index (χ3n) is 5.13. The smallest absolute Gasteiger partial charge is 0.00871 e. The number of benzene rings is 2. The molecule has 0 atom stereocenters. The van der Waals surface area contributed by atoms with E-state index >= 15 is 0 Å². The molecular weight excluding hydrogens is 254 g/mol. The van der Waals surface area contributed by atoms with Gasteiger partial charge in [-0.3, -0.25) is 0 Å². The van der Waals surface area contributed by atoms with E-state index in [1.165, 1.54) is 29.5 Å². The highest BCUT2D eigenvalue weighted by Crippen LogP contribution is 2.52. The molecule has 0 aliphatic heterocycles. The first-order chi connectivity index (χ1) is 10.1. The van der Waals surface area contributed by atoms with Gasteiger partial charge in [0.15, 0.2) is 0 Å². The van der Waals surface area contributed by atoms with Gasteiger partial charge in [-0.1, -0.05) is 68.4 Å². The topological polar surface area (TPSA) is 26.0 Å². The van der Waals surface area contributed by atoms with Crippen LogP contribution in [0.15, 0.2) is 54.6 Å². The zero-order valence-electron chi connectivity index (χ0n) is 13.0. The lowest BCUT2D eigenvalue weighted by Gasteiger charge is -2.48. The highest BCUT2D eigenvalue weighted by Gasteiger charge is 2.44. The predicted molar refractivity (Wildman–Crippen MR) is 89.7 cm³/mol. The van der Waals surface area contributed by atoms with Crippen molar-refractivity contribution >= 4 is 0 Å². The van der Waals surface area contributed by atoms with Crippen molar-refractivity contribution in [3.63, 3.8) is 0 Å². The minimum Gasteiger partial charge on any atom is -0.330 e. The van der Waals surface area contributed by atoms with Crippen LogP contribution in [0.4, 0.5) is 0 Å². The van der Waals surface area contributed by atoms with Crippen molar-refractivity contribution in [2.75, 3.05) is 6.54 Å². The van der Waals surface area contributed by atoms with Crippen LogP contribution in [0.5, 0.6) is 0 Å². The monoisotopic (exact) mass is 279 g/mol. The molecule has 0 radical (unpaired) electrons. The van der Waals surface area contributed by atoms with Crippen molar-refractivity contribution in [3.8, 4) is 0 Å². The molecule has 0 spiro atoms. The number of nitrogens with two attached hydrogens (primary N) is 1. The van der Waals surface area contributed by atoms with Gasteiger partial charge in [-0.05, 0) is 41.4 Å². The standard InChI is InChI=1S/C20H25N/c1-15(2)16-8-10-19(11-9-16)20(14-21)12-18(13-20)17-6-4-3-5-7-17/h3-11,15,18H,12-14,21H2,1-2H3. The molecule has 21 heavy (non-hydrogen) atoms. The number of rotatable bonds is 4. The van der Waals surface area contributed by atoms with E-state index in [4.69, 9.17) is 5.73 Å². The molecular formula is C20H25N. The van der Waals surface area contributed by atoms with Gasteiger partial charge < -0.3 is 5.73 Å². The Kier molecular flexibility index (Phi) is 3.86. The molecule has 1 aliphatic rings. The Morgan fingerprint density at radius 2 is 1.62 bits per heavy atom. The first-order valence-corrected chi connectivity index (χ1v) is 8.00. The Labute approximate surface area is 128 Å². The molecule has 1 nitrogen and oxygen atoms in total. The van der Waals surface area contributed by atoms with E-state index in [1.807, 2.05) is 0 Å². The summed E-state index contributed by atoms with van der Waals surface area (Å²) < 4.78 is 0. The van der Waals surface area contributed by atoms with E-state index in [2.05, 4.69) is 68.4 Å². The highest BCUT2D eigenvalue weighted by atomic mass is 14.6. The van der Waals surface area contributed by atoms with Crippen LogP contribution >= 0.6 is 0 Å². The summed E-state index contributed by atoms with van der Waals surface area (Å²) in [4.78, 5) is 0. The predicted octanol–water partition coefficient (Wildman–Crippen LogP) is 4.58. The molecule has 0 saturated heterocycles. The van der Waals surface area contributed by atoms with Crippen LogP contribution in [0.25, 0.3) is 0 Å². The summed E-state index contributed by atoms with van der Waals surface area (Å²) in [6.07, 6.45) is 2.35. The lowest BCUT2D eigenvalue weighted by atomic mass is 9.57. The maximum Gasteiger partial charge on any atom is 0.00871 e. The molecule has 1 aliphatic carbocycles. The highest BCUT2D eigenvalue weighted by molar-refractivity contribution is 5.37. The van der Waals surface area contributed by atoms with Gasteiger partial charge in [0.2, 0.25) is 0 Å². The third-order valence-corrected chi connectivity index (χ3v) is 5.13. The summed E-state index contributed by atoms with van der Waals surface area (Å²) in [6.45, 7) is 5.22. The first-order valence-electron chi connectivity index (χ1n) is 8.00. The number of hydrogen-bond donors (Lipinski definition) is 1. The largest absolute Gasteiger partial charge is 0.330 e. The van der Waals surface area contributed by atoms with Crippen LogP contribution in [-0.2, 0) is 5.41 Å². The second-order valence-electron chi connectivity index (χ2n) is 6.78. The van der Waals surface area contributed by atoms with Crippen molar-refractivity contribution in [1.29, 1.82) is 0 Å². The average molecular weight is 279 g/mol. The summed E-state index contributed by atoms with van der Waals surface area (Å²) in [5.41, 5.74) is 10.6. The lowest BCUT2D eigenvalue weighted by Crippen LogP contribution is -2.46. The summed E-state index contributed by atoms with van der Waals surface area (Å²) in [6, 6.07) is 20.0. The van der Waals surface area contributed by atoms with E-state index in [1.54, 1.807) is 0 Å². The Balaban J connectivity index is 1.77. The van der Waals surface area contributed by atoms with Gasteiger partial charge in [0.1, 0.15) is 0 Å². The molecule has 2 N–H and O–H groups in total. The van der Waals surface area contributed by atoms with E-state index in [-0.39, 0.29) is 5.41 Å². The van der Waals surface area contributed by atoms with Crippen LogP contribution in [0.2, 0.25) is 0 Å². The maximum absolute atomic E-state index is 6.14. The summed E-state index contributed by atoms with van der Waals surface area (Å²) in [5, 5.41) is 0. The van der Waals surface area contributed by atoms with Crippen LogP contribution in [0.1, 0.15) is 55.2 Å². The van der Waals surface area contributed by atoms with E-state index in [0.717, 1.165) is 6.54 Å². The van der Waals surface area contributed by atoms with Crippen LogP contribution in [-0.4, -0.2) is 6.54 Å². The van der Waals surface area contributed by atoms with E-state index in [9.17, 15) is 0 Å². The molecule has 0 bridgehead atoms. The fourth-order valence-corrected chi connectivity index (χ4v) is 3.59. The molecule has 110 valence electrons. The SMILES string of the molecule is CC(C)c1ccc(C2(CN)CC(c3ccccc3)C2)cc1. The average Bonchev–Trinajstić information content (AvgIpc) is 2.48. The molecule has 0 unspecified atom stereocenters. The Hall–Kier alpha value is -1.60. The Morgan fingerprint density at radius 3 is 2.14 bits per heavy atom. The van der Waals surface area contributed by atoms with Gasteiger partial charge in [0.25, 0.3) is 0 Å². The van der Waals surface area contributed by atoms with Gasteiger partial charge >= 0.3 is 0 Å². The summed E-state index contributed by atoms with van der Waals surface area (Å²) in [5.74, 6) is 1.26. The van der Waals surface area contributed by atoms with Gasteiger partial charge in [-0.2, -0.15) is 0 Å². The van der Waals surface area contributed by atoms with Gasteiger partial charge in [0.05, 0.1) is 0 Å². The molecule has 2 aromatic rings. The molecule has 2 aromatic carbocycles. The Bertz CT molecular complexity index is 577. The zero-order valence-corrected chi connectivity index (χ0v) is 13.0. The van der Waals surface area contributed by atoms with Crippen LogP contribution in [0.3, 0.4) is 0 Å². The molecule has 1 fully saturated rings. The van der Waals surface area contributed by atoms with Crippen LogP contribution < -0.4 is 5.73 Å². The molecule has 1 heteroatoms. The van der Waals surface area contributed by atoms with Gasteiger partial charge in [-0.15, -0.1) is 0 Å². The van der Waals surface area contributed by atoms with E-state index in [0.29, 0.717) is 11.8 Å².